The molecule has 0 heterocycles. The van der Waals surface area contributed by atoms with Crippen molar-refractivity contribution in [3.63, 3.8) is 0 Å². The van der Waals surface area contributed by atoms with Gasteiger partial charge in [-0.25, -0.2) is 12.8 Å². The summed E-state index contributed by atoms with van der Waals surface area (Å²) in [7, 11) is -4.21. The molecule has 0 aliphatic carbocycles. The molecular weight excluding hydrogens is 529 g/mol. The lowest BCUT2D eigenvalue weighted by molar-refractivity contribution is -0.139. The van der Waals surface area contributed by atoms with Gasteiger partial charge in [0, 0.05) is 23.7 Å². The number of amides is 2. The first-order chi connectivity index (χ1) is 18.1. The lowest BCUT2D eigenvalue weighted by Gasteiger charge is -2.32. The van der Waals surface area contributed by atoms with E-state index in [1.54, 1.807) is 49.4 Å². The van der Waals surface area contributed by atoms with Crippen LogP contribution in [0.1, 0.15) is 31.4 Å². The van der Waals surface area contributed by atoms with Gasteiger partial charge in [-0.1, -0.05) is 61.0 Å². The van der Waals surface area contributed by atoms with Crippen LogP contribution in [0.3, 0.4) is 0 Å². The molecule has 0 aliphatic heterocycles. The second-order valence-corrected chi connectivity index (χ2v) is 11.1. The third kappa shape index (κ3) is 6.71. The summed E-state index contributed by atoms with van der Waals surface area (Å²) in [4.78, 5) is 27.8. The van der Waals surface area contributed by atoms with Crippen LogP contribution in [0, 0.1) is 12.7 Å². The monoisotopic (exact) mass is 559 g/mol. The molecule has 2 amide bonds. The van der Waals surface area contributed by atoms with Gasteiger partial charge in [-0.2, -0.15) is 0 Å². The molecule has 0 fully saturated rings. The Bertz CT molecular complexity index is 1390. The van der Waals surface area contributed by atoms with E-state index in [1.807, 2.05) is 6.92 Å². The Balaban J connectivity index is 2.06. The molecule has 7 nitrogen and oxygen atoms in total. The van der Waals surface area contributed by atoms with Crippen LogP contribution in [-0.2, 0) is 26.2 Å². The highest BCUT2D eigenvalue weighted by Crippen LogP contribution is 2.31. The second kappa shape index (κ2) is 12.9. The minimum absolute atomic E-state index is 0.0124. The van der Waals surface area contributed by atoms with Crippen LogP contribution in [0.4, 0.5) is 10.1 Å². The number of anilines is 1. The molecule has 0 aromatic heterocycles. The van der Waals surface area contributed by atoms with Gasteiger partial charge < -0.3 is 10.2 Å². The van der Waals surface area contributed by atoms with E-state index < -0.39 is 40.2 Å². The van der Waals surface area contributed by atoms with Gasteiger partial charge in [-0.05, 0) is 56.2 Å². The molecule has 0 saturated carbocycles. The molecule has 0 bridgehead atoms. The van der Waals surface area contributed by atoms with Crippen molar-refractivity contribution in [1.82, 2.24) is 10.2 Å². The zero-order valence-corrected chi connectivity index (χ0v) is 23.1. The normalized spacial score (nSPS) is 12.0. The number of carbonyl (C=O) groups is 2. The fourth-order valence-corrected chi connectivity index (χ4v) is 5.55. The van der Waals surface area contributed by atoms with E-state index in [0.717, 1.165) is 4.31 Å². The van der Waals surface area contributed by atoms with Crippen LogP contribution in [0.25, 0.3) is 0 Å². The van der Waals surface area contributed by atoms with Crippen LogP contribution in [0.2, 0.25) is 5.02 Å². The minimum atomic E-state index is -4.21. The molecule has 3 rings (SSSR count). The molecule has 10 heteroatoms. The van der Waals surface area contributed by atoms with Crippen molar-refractivity contribution >= 4 is 39.1 Å². The molecule has 3 aromatic rings. The lowest BCUT2D eigenvalue weighted by Crippen LogP contribution is -2.51. The molecule has 38 heavy (non-hydrogen) atoms. The standard InChI is InChI=1S/C28H31ClFN3O4S/c1-4-17-31-28(35)21(3)32(18-22-11-8-9-15-25(22)30)27(34)19-33(26-16-10-14-24(29)20(26)2)38(36,37)23-12-6-5-7-13-23/h5-16,21H,4,17-19H2,1-3H3,(H,31,35)/t21-/m0/s1. The first kappa shape index (κ1) is 29.1. The number of benzene rings is 3. The van der Waals surface area contributed by atoms with E-state index in [4.69, 9.17) is 11.6 Å². The van der Waals surface area contributed by atoms with E-state index in [2.05, 4.69) is 5.32 Å². The fourth-order valence-electron chi connectivity index (χ4n) is 3.89. The number of hydrogen-bond acceptors (Lipinski definition) is 4. The lowest BCUT2D eigenvalue weighted by atomic mass is 10.1. The third-order valence-electron chi connectivity index (χ3n) is 6.13. The van der Waals surface area contributed by atoms with Gasteiger partial charge >= 0.3 is 0 Å². The number of nitrogens with zero attached hydrogens (tertiary/aromatic N) is 2. The summed E-state index contributed by atoms with van der Waals surface area (Å²) < 4.78 is 43.1. The Labute approximate surface area is 228 Å². The average molecular weight is 560 g/mol. The highest BCUT2D eigenvalue weighted by molar-refractivity contribution is 7.92. The molecule has 0 radical (unpaired) electrons. The molecular formula is C28H31ClFN3O4S. The maximum atomic E-state index is 14.6. The third-order valence-corrected chi connectivity index (χ3v) is 8.32. The summed E-state index contributed by atoms with van der Waals surface area (Å²) >= 11 is 6.31. The van der Waals surface area contributed by atoms with Crippen molar-refractivity contribution in [2.24, 2.45) is 0 Å². The summed E-state index contributed by atoms with van der Waals surface area (Å²) in [6.07, 6.45) is 0.691. The van der Waals surface area contributed by atoms with Gasteiger partial charge in [0.25, 0.3) is 10.0 Å². The number of sulfonamides is 1. The molecule has 1 N–H and O–H groups in total. The average Bonchev–Trinajstić information content (AvgIpc) is 2.91. The Morgan fingerprint density at radius 1 is 1.00 bits per heavy atom. The van der Waals surface area contributed by atoms with Gasteiger partial charge in [0.05, 0.1) is 10.6 Å². The van der Waals surface area contributed by atoms with Crippen molar-refractivity contribution in [3.8, 4) is 0 Å². The quantitative estimate of drug-likeness (QED) is 0.361. The maximum absolute atomic E-state index is 14.6. The number of halogens is 2. The van der Waals surface area contributed by atoms with Gasteiger partial charge in [0.1, 0.15) is 18.4 Å². The summed E-state index contributed by atoms with van der Waals surface area (Å²) in [5.74, 6) is -1.63. The van der Waals surface area contributed by atoms with E-state index in [0.29, 0.717) is 23.6 Å². The molecule has 0 unspecified atom stereocenters. The fraction of sp³-hybridized carbons (Fsp3) is 0.286. The minimum Gasteiger partial charge on any atom is -0.354 e. The first-order valence-corrected chi connectivity index (χ1v) is 14.0. The van der Waals surface area contributed by atoms with Gasteiger partial charge in [-0.15, -0.1) is 0 Å². The van der Waals surface area contributed by atoms with Crippen molar-refractivity contribution in [1.29, 1.82) is 0 Å². The number of carbonyl (C=O) groups excluding carboxylic acids is 2. The maximum Gasteiger partial charge on any atom is 0.264 e. The van der Waals surface area contributed by atoms with Crippen LogP contribution in [0.5, 0.6) is 0 Å². The zero-order chi connectivity index (χ0) is 27.9. The number of hydrogen-bond donors (Lipinski definition) is 1. The van der Waals surface area contributed by atoms with Crippen molar-refractivity contribution < 1.29 is 22.4 Å². The SMILES string of the molecule is CCCNC(=O)[C@H](C)N(Cc1ccccc1F)C(=O)CN(c1cccc(Cl)c1C)S(=O)(=O)c1ccccc1. The summed E-state index contributed by atoms with van der Waals surface area (Å²) in [5, 5.41) is 3.08. The Morgan fingerprint density at radius 3 is 2.32 bits per heavy atom. The topological polar surface area (TPSA) is 86.8 Å². The zero-order valence-electron chi connectivity index (χ0n) is 21.5. The van der Waals surface area contributed by atoms with Gasteiger partial charge in [0.15, 0.2) is 0 Å². The first-order valence-electron chi connectivity index (χ1n) is 12.2. The highest BCUT2D eigenvalue weighted by atomic mass is 35.5. The summed E-state index contributed by atoms with van der Waals surface area (Å²) in [6.45, 7) is 4.64. The molecule has 3 aromatic carbocycles. The summed E-state index contributed by atoms with van der Waals surface area (Å²) in [6, 6.07) is 17.5. The summed E-state index contributed by atoms with van der Waals surface area (Å²) in [5.41, 5.74) is 0.895. The van der Waals surface area contributed by atoms with E-state index in [1.165, 1.54) is 42.2 Å². The van der Waals surface area contributed by atoms with Crippen molar-refractivity contribution in [3.05, 3.63) is 94.8 Å². The Morgan fingerprint density at radius 2 is 1.66 bits per heavy atom. The molecule has 202 valence electrons. The van der Waals surface area contributed by atoms with E-state index >= 15 is 0 Å². The van der Waals surface area contributed by atoms with Crippen LogP contribution in [-0.4, -0.2) is 44.3 Å². The smallest absolute Gasteiger partial charge is 0.264 e. The van der Waals surface area contributed by atoms with Crippen LogP contribution < -0.4 is 9.62 Å². The number of nitrogens with one attached hydrogen (secondary N) is 1. The number of rotatable bonds is 11. The van der Waals surface area contributed by atoms with Crippen molar-refractivity contribution in [2.45, 2.75) is 44.7 Å². The molecule has 0 saturated heterocycles. The van der Waals surface area contributed by atoms with Crippen molar-refractivity contribution in [2.75, 3.05) is 17.4 Å². The molecule has 0 spiro atoms. The predicted octanol–water partition coefficient (Wildman–Crippen LogP) is 4.93. The van der Waals surface area contributed by atoms with Crippen LogP contribution >= 0.6 is 11.6 Å². The molecule has 1 atom stereocenters. The van der Waals surface area contributed by atoms with E-state index in [9.17, 15) is 22.4 Å². The van der Waals surface area contributed by atoms with Gasteiger partial charge in [-0.3, -0.25) is 13.9 Å². The predicted molar refractivity (Wildman–Crippen MR) is 147 cm³/mol. The Hall–Kier alpha value is -3.43. The Kier molecular flexibility index (Phi) is 9.88. The second-order valence-electron chi connectivity index (χ2n) is 8.79. The van der Waals surface area contributed by atoms with Crippen LogP contribution in [0.15, 0.2) is 77.7 Å². The van der Waals surface area contributed by atoms with Gasteiger partial charge in [0.2, 0.25) is 11.8 Å². The van der Waals surface area contributed by atoms with E-state index in [-0.39, 0.29) is 22.7 Å². The largest absolute Gasteiger partial charge is 0.354 e. The molecule has 0 aliphatic rings. The highest BCUT2D eigenvalue weighted by Gasteiger charge is 2.33.